The van der Waals surface area contributed by atoms with Crippen LogP contribution in [0.1, 0.15) is 44.6 Å². The highest BCUT2D eigenvalue weighted by Crippen LogP contribution is 2.44. The molecule has 4 aromatic rings. The predicted molar refractivity (Wildman–Crippen MR) is 136 cm³/mol. The summed E-state index contributed by atoms with van der Waals surface area (Å²) in [4.78, 5) is 32.7. The summed E-state index contributed by atoms with van der Waals surface area (Å²) in [6, 6.07) is 23.1. The Balaban J connectivity index is 1.59. The number of nitrogens with one attached hydrogen (secondary N) is 2. The van der Waals surface area contributed by atoms with Gasteiger partial charge >= 0.3 is 0 Å². The number of carbonyl (C=O) groups excluding carboxylic acids is 2. The van der Waals surface area contributed by atoms with Crippen LogP contribution in [0.3, 0.4) is 0 Å². The molecule has 5 rings (SSSR count). The number of carbonyl (C=O) groups is 2. The van der Waals surface area contributed by atoms with Gasteiger partial charge in [0.15, 0.2) is 0 Å². The summed E-state index contributed by atoms with van der Waals surface area (Å²) in [6.45, 7) is 3.23. The number of benzene rings is 3. The number of aromatic nitrogens is 1. The molecule has 35 heavy (non-hydrogen) atoms. The molecule has 2 amide bonds. The lowest BCUT2D eigenvalue weighted by atomic mass is 9.79. The third-order valence-corrected chi connectivity index (χ3v) is 6.78. The van der Waals surface area contributed by atoms with Gasteiger partial charge in [0.1, 0.15) is 0 Å². The fourth-order valence-electron chi connectivity index (χ4n) is 5.00. The van der Waals surface area contributed by atoms with Gasteiger partial charge in [-0.1, -0.05) is 66.2 Å². The molecule has 6 heteroatoms. The molecule has 0 aliphatic carbocycles. The van der Waals surface area contributed by atoms with E-state index >= 15 is 0 Å². The van der Waals surface area contributed by atoms with Crippen molar-refractivity contribution in [2.45, 2.75) is 25.4 Å². The molecule has 2 atom stereocenters. The summed E-state index contributed by atoms with van der Waals surface area (Å²) >= 11 is 0. The minimum atomic E-state index is -0.564. The van der Waals surface area contributed by atoms with E-state index in [-0.39, 0.29) is 11.8 Å². The van der Waals surface area contributed by atoms with Crippen molar-refractivity contribution in [3.63, 3.8) is 0 Å². The monoisotopic (exact) mass is 467 g/mol. The van der Waals surface area contributed by atoms with Crippen LogP contribution in [0.25, 0.3) is 10.9 Å². The van der Waals surface area contributed by atoms with Gasteiger partial charge in [-0.2, -0.15) is 0 Å². The summed E-state index contributed by atoms with van der Waals surface area (Å²) < 4.78 is 5.34. The van der Waals surface area contributed by atoms with Crippen LogP contribution in [0.15, 0.2) is 79.0 Å². The smallest absolute Gasteiger partial charge is 0.254 e. The minimum absolute atomic E-state index is 0.0875. The lowest BCUT2D eigenvalue weighted by Crippen LogP contribution is -2.48. The summed E-state index contributed by atoms with van der Waals surface area (Å²) in [7, 11) is 1.62. The van der Waals surface area contributed by atoms with Crippen molar-refractivity contribution in [3.8, 4) is 0 Å². The maximum atomic E-state index is 13.9. The normalized spacial score (nSPS) is 17.4. The highest BCUT2D eigenvalue weighted by atomic mass is 16.5. The van der Waals surface area contributed by atoms with E-state index in [1.807, 2.05) is 85.9 Å². The highest BCUT2D eigenvalue weighted by Gasteiger charge is 2.44. The molecular weight excluding hydrogens is 438 g/mol. The highest BCUT2D eigenvalue weighted by molar-refractivity contribution is 6.02. The van der Waals surface area contributed by atoms with Gasteiger partial charge in [0.05, 0.1) is 18.6 Å². The molecule has 0 spiro atoms. The number of H-pyrrole nitrogens is 1. The number of hydrogen-bond acceptors (Lipinski definition) is 3. The first-order valence-corrected chi connectivity index (χ1v) is 11.9. The van der Waals surface area contributed by atoms with E-state index in [9.17, 15) is 9.59 Å². The molecule has 2 N–H and O–H groups in total. The van der Waals surface area contributed by atoms with E-state index in [1.165, 1.54) is 5.56 Å². The Bertz CT molecular complexity index is 1360. The zero-order valence-corrected chi connectivity index (χ0v) is 20.0. The number of hydrogen-bond donors (Lipinski definition) is 2. The van der Waals surface area contributed by atoms with E-state index in [4.69, 9.17) is 4.74 Å². The van der Waals surface area contributed by atoms with Crippen LogP contribution in [-0.4, -0.2) is 42.0 Å². The second kappa shape index (κ2) is 9.76. The molecule has 1 aliphatic rings. The molecule has 0 bridgehead atoms. The number of aromatic amines is 1. The summed E-state index contributed by atoms with van der Waals surface area (Å²) in [5.41, 5.74) is 5.42. The standard InChI is InChI=1S/C29H29N3O3/c1-19-11-13-20(14-12-19)17-31-28(33)26-22-8-3-4-9-23(22)29(34)32(15-16-35-2)27(26)24-18-30-25-10-6-5-7-21(24)25/h3-14,18,26-27,30H,15-17H2,1-2H3,(H,31,33). The number of fused-ring (bicyclic) bond motifs is 2. The van der Waals surface area contributed by atoms with Crippen molar-refractivity contribution in [1.82, 2.24) is 15.2 Å². The van der Waals surface area contributed by atoms with Crippen molar-refractivity contribution in [3.05, 3.63) is 107 Å². The molecule has 0 radical (unpaired) electrons. The Morgan fingerprint density at radius 3 is 2.54 bits per heavy atom. The van der Waals surface area contributed by atoms with Gasteiger partial charge in [0, 0.05) is 48.4 Å². The number of ether oxygens (including phenoxy) is 1. The van der Waals surface area contributed by atoms with Gasteiger partial charge in [-0.25, -0.2) is 0 Å². The first-order valence-electron chi connectivity index (χ1n) is 11.9. The van der Waals surface area contributed by atoms with Crippen molar-refractivity contribution in [2.24, 2.45) is 0 Å². The molecule has 0 saturated carbocycles. The largest absolute Gasteiger partial charge is 0.383 e. The number of para-hydroxylation sites is 1. The Labute approximate surface area is 204 Å². The molecule has 0 saturated heterocycles. The third kappa shape index (κ3) is 4.33. The van der Waals surface area contributed by atoms with E-state index < -0.39 is 12.0 Å². The maximum absolute atomic E-state index is 13.9. The van der Waals surface area contributed by atoms with Gasteiger partial charge in [0.25, 0.3) is 5.91 Å². The molecule has 1 aromatic heterocycles. The maximum Gasteiger partial charge on any atom is 0.254 e. The van der Waals surface area contributed by atoms with Crippen LogP contribution < -0.4 is 5.32 Å². The van der Waals surface area contributed by atoms with Crippen LogP contribution in [0.5, 0.6) is 0 Å². The second-order valence-electron chi connectivity index (χ2n) is 8.99. The number of rotatable bonds is 7. The van der Waals surface area contributed by atoms with Gasteiger partial charge < -0.3 is 19.9 Å². The van der Waals surface area contributed by atoms with Crippen LogP contribution >= 0.6 is 0 Å². The van der Waals surface area contributed by atoms with Crippen LogP contribution in [0.4, 0.5) is 0 Å². The summed E-state index contributed by atoms with van der Waals surface area (Å²) in [5, 5.41) is 4.15. The SMILES string of the molecule is COCCN1C(=O)c2ccccc2C(C(=O)NCc2ccc(C)cc2)C1c1c[nH]c2ccccc12. The quantitative estimate of drug-likeness (QED) is 0.413. The Hall–Kier alpha value is -3.90. The Morgan fingerprint density at radius 2 is 1.74 bits per heavy atom. The average molecular weight is 468 g/mol. The lowest BCUT2D eigenvalue weighted by molar-refractivity contribution is -0.124. The molecule has 6 nitrogen and oxygen atoms in total. The first kappa shape index (κ1) is 22.9. The van der Waals surface area contributed by atoms with E-state index in [1.54, 1.807) is 12.0 Å². The van der Waals surface area contributed by atoms with Crippen LogP contribution in [-0.2, 0) is 16.1 Å². The van der Waals surface area contributed by atoms with Gasteiger partial charge in [-0.15, -0.1) is 0 Å². The lowest BCUT2D eigenvalue weighted by Gasteiger charge is -2.41. The number of aryl methyl sites for hydroxylation is 1. The third-order valence-electron chi connectivity index (χ3n) is 6.78. The summed E-state index contributed by atoms with van der Waals surface area (Å²) in [6.07, 6.45) is 1.93. The Kier molecular flexibility index (Phi) is 6.38. The van der Waals surface area contributed by atoms with Crippen molar-refractivity contribution >= 4 is 22.7 Å². The van der Waals surface area contributed by atoms with Gasteiger partial charge in [-0.05, 0) is 30.2 Å². The van der Waals surface area contributed by atoms with Gasteiger partial charge in [-0.3, -0.25) is 9.59 Å². The molecule has 2 unspecified atom stereocenters. The molecule has 3 aromatic carbocycles. The Morgan fingerprint density at radius 1 is 1.00 bits per heavy atom. The fraction of sp³-hybridized carbons (Fsp3) is 0.241. The van der Waals surface area contributed by atoms with E-state index in [0.717, 1.165) is 27.6 Å². The number of methoxy groups -OCH3 is 1. The van der Waals surface area contributed by atoms with Crippen molar-refractivity contribution in [1.29, 1.82) is 0 Å². The van der Waals surface area contributed by atoms with Gasteiger partial charge in [0.2, 0.25) is 5.91 Å². The van der Waals surface area contributed by atoms with Crippen LogP contribution in [0, 0.1) is 6.92 Å². The van der Waals surface area contributed by atoms with Crippen LogP contribution in [0.2, 0.25) is 0 Å². The average Bonchev–Trinajstić information content (AvgIpc) is 3.31. The zero-order chi connectivity index (χ0) is 24.4. The first-order chi connectivity index (χ1) is 17.1. The molecular formula is C29H29N3O3. The molecule has 178 valence electrons. The fourth-order valence-corrected chi connectivity index (χ4v) is 5.00. The zero-order valence-electron chi connectivity index (χ0n) is 20.0. The molecule has 0 fully saturated rings. The number of nitrogens with zero attached hydrogens (tertiary/aromatic N) is 1. The molecule has 1 aliphatic heterocycles. The number of amides is 2. The minimum Gasteiger partial charge on any atom is -0.383 e. The topological polar surface area (TPSA) is 74.4 Å². The van der Waals surface area contributed by atoms with E-state index in [2.05, 4.69) is 10.3 Å². The van der Waals surface area contributed by atoms with Crippen molar-refractivity contribution in [2.75, 3.05) is 20.3 Å². The van der Waals surface area contributed by atoms with E-state index in [0.29, 0.717) is 25.3 Å². The summed E-state index contributed by atoms with van der Waals surface area (Å²) in [5.74, 6) is -0.760. The predicted octanol–water partition coefficient (Wildman–Crippen LogP) is 4.72. The molecule has 2 heterocycles. The second-order valence-corrected chi connectivity index (χ2v) is 8.99. The van der Waals surface area contributed by atoms with Crippen molar-refractivity contribution < 1.29 is 14.3 Å².